The molecule has 0 unspecified atom stereocenters. The van der Waals surface area contributed by atoms with Gasteiger partial charge in [0.15, 0.2) is 0 Å². The first-order valence-corrected chi connectivity index (χ1v) is 13.5. The highest BCUT2D eigenvalue weighted by Crippen LogP contribution is 2.40. The second-order valence-electron chi connectivity index (χ2n) is 10.6. The Morgan fingerprint density at radius 3 is 2.58 bits per heavy atom. The van der Waals surface area contributed by atoms with Crippen LogP contribution < -0.4 is 15.4 Å². The summed E-state index contributed by atoms with van der Waals surface area (Å²) in [7, 11) is 0. The first kappa shape index (κ1) is 27.9. The first-order valence-electron chi connectivity index (χ1n) is 13.5. The van der Waals surface area contributed by atoms with Crippen molar-refractivity contribution in [3.8, 4) is 17.0 Å². The molecule has 3 atom stereocenters. The van der Waals surface area contributed by atoms with Gasteiger partial charge in [-0.3, -0.25) is 9.59 Å². The highest BCUT2D eigenvalue weighted by Gasteiger charge is 2.35. The molecule has 0 radical (unpaired) electrons. The van der Waals surface area contributed by atoms with Crippen LogP contribution in [0.1, 0.15) is 67.1 Å². The highest BCUT2D eigenvalue weighted by molar-refractivity contribution is 6.09. The lowest BCUT2D eigenvalue weighted by atomic mass is 9.89. The van der Waals surface area contributed by atoms with Crippen LogP contribution in [0.4, 0.5) is 17.6 Å². The van der Waals surface area contributed by atoms with Gasteiger partial charge in [-0.1, -0.05) is 6.92 Å². The average molecular weight is 562 g/mol. The molecule has 3 N–H and O–H groups in total. The summed E-state index contributed by atoms with van der Waals surface area (Å²) in [6.07, 6.45) is -1.45. The summed E-state index contributed by atoms with van der Waals surface area (Å²) in [4.78, 5) is 36.6. The summed E-state index contributed by atoms with van der Waals surface area (Å²) >= 11 is 0. The second kappa shape index (κ2) is 11.1. The number of halogens is 4. The van der Waals surface area contributed by atoms with Crippen LogP contribution >= 0.6 is 0 Å². The van der Waals surface area contributed by atoms with Crippen molar-refractivity contribution in [2.45, 2.75) is 76.8 Å². The molecule has 5 rings (SSSR count). The number of carbonyl (C=O) groups excluding carboxylic acids is 2. The van der Waals surface area contributed by atoms with E-state index in [1.165, 1.54) is 12.4 Å². The molecule has 0 saturated heterocycles. The summed E-state index contributed by atoms with van der Waals surface area (Å²) in [5.74, 6) is -0.0657. The molecule has 1 aromatic carbocycles. The highest BCUT2D eigenvalue weighted by atomic mass is 19.4. The Hall–Kier alpha value is -3.70. The molecule has 2 amide bonds. The van der Waals surface area contributed by atoms with E-state index in [0.717, 1.165) is 25.0 Å². The number of carbonyl (C=O) groups is 2. The number of aromatic nitrogens is 3. The molecule has 40 heavy (non-hydrogen) atoms. The summed E-state index contributed by atoms with van der Waals surface area (Å²) in [6.45, 7) is 3.75. The zero-order valence-corrected chi connectivity index (χ0v) is 22.2. The van der Waals surface area contributed by atoms with E-state index in [1.54, 1.807) is 13.8 Å². The quantitative estimate of drug-likeness (QED) is 0.325. The Labute approximate surface area is 228 Å². The van der Waals surface area contributed by atoms with Crippen molar-refractivity contribution in [3.05, 3.63) is 41.3 Å². The molecular formula is C28H31F4N5O3. The maximum atomic E-state index is 15.0. The Balaban J connectivity index is 1.43. The molecule has 2 aromatic heterocycles. The van der Waals surface area contributed by atoms with E-state index < -0.39 is 29.9 Å². The standard InChI is InChI=1S/C28H31F4N5O3/c1-3-22(38)36-17-7-8-20(19(29)11-17)37-27(39)23-14(2)35-26-24(33-13-34-25(23)26)18-10-16(28(30,31)32)6-9-21(18)40-12-15-4-5-15/h6,9-10,13,15,17,19-20,35H,3-5,7-8,11-12H2,1-2H3,(H,36,38)(H,37,39)/t17-,19+,20+/m0/s1. The van der Waals surface area contributed by atoms with Crippen LogP contribution in [0.5, 0.6) is 5.75 Å². The fourth-order valence-corrected chi connectivity index (χ4v) is 5.09. The van der Waals surface area contributed by atoms with Crippen molar-refractivity contribution in [2.24, 2.45) is 5.92 Å². The average Bonchev–Trinajstić information content (AvgIpc) is 3.67. The van der Waals surface area contributed by atoms with E-state index in [-0.39, 0.29) is 52.0 Å². The number of aryl methyl sites for hydroxylation is 1. The molecule has 0 spiro atoms. The van der Waals surface area contributed by atoms with Crippen LogP contribution in [0.15, 0.2) is 24.5 Å². The topological polar surface area (TPSA) is 109 Å². The number of ether oxygens (including phenoxy) is 1. The van der Waals surface area contributed by atoms with Crippen LogP contribution in [-0.2, 0) is 11.0 Å². The fraction of sp³-hybridized carbons (Fsp3) is 0.500. The molecule has 2 saturated carbocycles. The number of rotatable bonds is 8. The zero-order valence-electron chi connectivity index (χ0n) is 22.2. The fourth-order valence-electron chi connectivity index (χ4n) is 5.09. The number of nitrogens with zero attached hydrogens (tertiary/aromatic N) is 2. The Kier molecular flexibility index (Phi) is 7.70. The molecule has 0 aliphatic heterocycles. The van der Waals surface area contributed by atoms with Gasteiger partial charge in [-0.2, -0.15) is 13.2 Å². The van der Waals surface area contributed by atoms with Crippen LogP contribution in [0.2, 0.25) is 0 Å². The number of fused-ring (bicyclic) bond motifs is 1. The lowest BCUT2D eigenvalue weighted by Gasteiger charge is -2.32. The van der Waals surface area contributed by atoms with Crippen molar-refractivity contribution >= 4 is 22.8 Å². The zero-order chi connectivity index (χ0) is 28.6. The van der Waals surface area contributed by atoms with Crippen LogP contribution in [-0.4, -0.2) is 51.6 Å². The number of H-pyrrole nitrogens is 1. The third-order valence-electron chi connectivity index (χ3n) is 7.51. The molecular weight excluding hydrogens is 530 g/mol. The minimum absolute atomic E-state index is 0.0923. The first-order chi connectivity index (χ1) is 19.0. The van der Waals surface area contributed by atoms with Gasteiger partial charge < -0.3 is 20.4 Å². The minimum atomic E-state index is -4.58. The van der Waals surface area contributed by atoms with E-state index >= 15 is 0 Å². The van der Waals surface area contributed by atoms with Gasteiger partial charge in [-0.15, -0.1) is 0 Å². The molecule has 8 nitrogen and oxygen atoms in total. The number of hydrogen-bond donors (Lipinski definition) is 3. The molecule has 214 valence electrons. The van der Waals surface area contributed by atoms with Crippen molar-refractivity contribution in [1.29, 1.82) is 0 Å². The van der Waals surface area contributed by atoms with Gasteiger partial charge in [0.1, 0.15) is 29.5 Å². The summed E-state index contributed by atoms with van der Waals surface area (Å²) in [6, 6.07) is 2.21. The van der Waals surface area contributed by atoms with E-state index in [1.807, 2.05) is 0 Å². The van der Waals surface area contributed by atoms with Crippen molar-refractivity contribution in [1.82, 2.24) is 25.6 Å². The Bertz CT molecular complexity index is 1420. The number of amides is 2. The number of nitrogens with one attached hydrogen (secondary N) is 3. The number of benzene rings is 1. The van der Waals surface area contributed by atoms with Gasteiger partial charge in [0.25, 0.3) is 5.91 Å². The van der Waals surface area contributed by atoms with Gasteiger partial charge in [0.05, 0.1) is 29.3 Å². The second-order valence-corrected chi connectivity index (χ2v) is 10.6. The molecule has 12 heteroatoms. The summed E-state index contributed by atoms with van der Waals surface area (Å²) in [5.41, 5.74) is 0.523. The monoisotopic (exact) mass is 561 g/mol. The smallest absolute Gasteiger partial charge is 0.416 e. The summed E-state index contributed by atoms with van der Waals surface area (Å²) in [5, 5.41) is 5.55. The molecule has 2 heterocycles. The van der Waals surface area contributed by atoms with E-state index in [9.17, 15) is 27.2 Å². The molecule has 2 fully saturated rings. The van der Waals surface area contributed by atoms with E-state index in [4.69, 9.17) is 4.74 Å². The van der Waals surface area contributed by atoms with Crippen LogP contribution in [0, 0.1) is 12.8 Å². The SMILES string of the molecule is CCC(=O)N[C@H]1CC[C@@H](NC(=O)c2c(C)[nH]c3c(-c4cc(C(F)(F)F)ccc4OCC4CC4)ncnc23)[C@H](F)C1. The maximum absolute atomic E-state index is 15.0. The third kappa shape index (κ3) is 5.90. The summed E-state index contributed by atoms with van der Waals surface area (Å²) < 4.78 is 61.6. The lowest BCUT2D eigenvalue weighted by Crippen LogP contribution is -2.50. The van der Waals surface area contributed by atoms with Crippen LogP contribution in [0.3, 0.4) is 0 Å². The van der Waals surface area contributed by atoms with E-state index in [0.29, 0.717) is 37.5 Å². The largest absolute Gasteiger partial charge is 0.493 e. The Morgan fingerprint density at radius 2 is 1.90 bits per heavy atom. The number of hydrogen-bond acceptors (Lipinski definition) is 5. The lowest BCUT2D eigenvalue weighted by molar-refractivity contribution is -0.137. The molecule has 3 aromatic rings. The van der Waals surface area contributed by atoms with Crippen molar-refractivity contribution in [3.63, 3.8) is 0 Å². The van der Waals surface area contributed by atoms with Gasteiger partial charge in [-0.25, -0.2) is 14.4 Å². The normalized spacial score (nSPS) is 21.3. The maximum Gasteiger partial charge on any atom is 0.416 e. The van der Waals surface area contributed by atoms with Gasteiger partial charge in [0.2, 0.25) is 5.91 Å². The Morgan fingerprint density at radius 1 is 1.12 bits per heavy atom. The van der Waals surface area contributed by atoms with Crippen molar-refractivity contribution in [2.75, 3.05) is 6.61 Å². The third-order valence-corrected chi connectivity index (χ3v) is 7.51. The van der Waals surface area contributed by atoms with Crippen LogP contribution in [0.25, 0.3) is 22.3 Å². The van der Waals surface area contributed by atoms with Gasteiger partial charge in [0, 0.05) is 30.1 Å². The molecule has 2 aliphatic carbocycles. The van der Waals surface area contributed by atoms with E-state index in [2.05, 4.69) is 25.6 Å². The predicted molar refractivity (Wildman–Crippen MR) is 140 cm³/mol. The molecule has 0 bridgehead atoms. The number of aromatic amines is 1. The number of alkyl halides is 4. The predicted octanol–water partition coefficient (Wildman–Crippen LogP) is 5.26. The minimum Gasteiger partial charge on any atom is -0.493 e. The van der Waals surface area contributed by atoms with Gasteiger partial charge in [-0.05, 0) is 56.7 Å². The van der Waals surface area contributed by atoms with Crippen molar-refractivity contribution < 1.29 is 31.9 Å². The van der Waals surface area contributed by atoms with Gasteiger partial charge >= 0.3 is 6.18 Å². The molecule has 2 aliphatic rings.